The molecule has 2 aromatic carbocycles. The average molecular weight is 382 g/mol. The van der Waals surface area contributed by atoms with Gasteiger partial charge in [0.05, 0.1) is 7.11 Å². The highest BCUT2D eigenvalue weighted by Crippen LogP contribution is 2.28. The van der Waals surface area contributed by atoms with Gasteiger partial charge in [-0.05, 0) is 49.6 Å². The van der Waals surface area contributed by atoms with E-state index in [4.69, 9.17) is 4.74 Å². The van der Waals surface area contributed by atoms with Crippen molar-refractivity contribution in [2.75, 3.05) is 32.1 Å². The van der Waals surface area contributed by atoms with Gasteiger partial charge in [-0.3, -0.25) is 0 Å². The molecule has 0 bridgehead atoms. The first-order valence-corrected chi connectivity index (χ1v) is 9.47. The third kappa shape index (κ3) is 5.25. The number of carbonyl (C=O) groups excluding carboxylic acids is 2. The lowest BCUT2D eigenvalue weighted by molar-refractivity contribution is -0.142. The van der Waals surface area contributed by atoms with Crippen molar-refractivity contribution in [3.05, 3.63) is 59.7 Å². The summed E-state index contributed by atoms with van der Waals surface area (Å²) < 4.78 is 9.85. The van der Waals surface area contributed by atoms with Gasteiger partial charge in [0.2, 0.25) is 0 Å². The van der Waals surface area contributed by atoms with Crippen molar-refractivity contribution in [2.45, 2.75) is 25.7 Å². The Morgan fingerprint density at radius 3 is 2.68 bits per heavy atom. The molecule has 1 aliphatic rings. The zero-order chi connectivity index (χ0) is 19.9. The van der Waals surface area contributed by atoms with Gasteiger partial charge in [-0.2, -0.15) is 0 Å². The molecule has 0 aromatic heterocycles. The second-order valence-corrected chi connectivity index (χ2v) is 7.02. The number of piperidine rings is 1. The summed E-state index contributed by atoms with van der Waals surface area (Å²) in [6.07, 6.45) is 2.09. The lowest BCUT2D eigenvalue weighted by Crippen LogP contribution is -2.41. The SMILES string of the molecule is COC(=O)COc1ccc(NC(=O)N2CCCC(c3cccc(C)c3)C2)cc1. The van der Waals surface area contributed by atoms with Crippen molar-refractivity contribution >= 4 is 17.7 Å². The van der Waals surface area contributed by atoms with Crippen molar-refractivity contribution in [1.82, 2.24) is 4.90 Å². The zero-order valence-electron chi connectivity index (χ0n) is 16.3. The molecular weight excluding hydrogens is 356 g/mol. The van der Waals surface area contributed by atoms with Crippen LogP contribution in [0.25, 0.3) is 0 Å². The minimum absolute atomic E-state index is 0.0967. The number of hydrogen-bond acceptors (Lipinski definition) is 4. The largest absolute Gasteiger partial charge is 0.482 e. The zero-order valence-corrected chi connectivity index (χ0v) is 16.3. The number of rotatable bonds is 5. The number of likely N-dealkylation sites (tertiary alicyclic amines) is 1. The molecule has 2 aromatic rings. The number of ether oxygens (including phenoxy) is 2. The van der Waals surface area contributed by atoms with E-state index in [1.807, 2.05) is 4.90 Å². The van der Waals surface area contributed by atoms with E-state index in [0.717, 1.165) is 25.9 Å². The highest BCUT2D eigenvalue weighted by atomic mass is 16.6. The normalized spacial score (nSPS) is 16.4. The lowest BCUT2D eigenvalue weighted by atomic mass is 9.90. The van der Waals surface area contributed by atoms with Crippen LogP contribution in [-0.2, 0) is 9.53 Å². The molecule has 1 atom stereocenters. The summed E-state index contributed by atoms with van der Waals surface area (Å²) in [6.45, 7) is 3.43. The van der Waals surface area contributed by atoms with Crippen LogP contribution in [0.2, 0.25) is 0 Å². The third-order valence-electron chi connectivity index (χ3n) is 4.91. The second kappa shape index (κ2) is 9.26. The molecule has 1 N–H and O–H groups in total. The Morgan fingerprint density at radius 2 is 1.96 bits per heavy atom. The summed E-state index contributed by atoms with van der Waals surface area (Å²) in [5, 5.41) is 2.94. The van der Waals surface area contributed by atoms with Crippen molar-refractivity contribution < 1.29 is 19.1 Å². The van der Waals surface area contributed by atoms with Gasteiger partial charge in [0, 0.05) is 24.7 Å². The fourth-order valence-corrected chi connectivity index (χ4v) is 3.40. The molecule has 1 fully saturated rings. The number of aryl methyl sites for hydroxylation is 1. The van der Waals surface area contributed by atoms with Crippen LogP contribution < -0.4 is 10.1 Å². The van der Waals surface area contributed by atoms with E-state index in [1.165, 1.54) is 18.2 Å². The van der Waals surface area contributed by atoms with Gasteiger partial charge >= 0.3 is 12.0 Å². The third-order valence-corrected chi connectivity index (χ3v) is 4.91. The predicted molar refractivity (Wildman–Crippen MR) is 108 cm³/mol. The highest BCUT2D eigenvalue weighted by molar-refractivity contribution is 5.89. The Balaban J connectivity index is 1.56. The van der Waals surface area contributed by atoms with E-state index in [9.17, 15) is 9.59 Å². The van der Waals surface area contributed by atoms with Crippen LogP contribution >= 0.6 is 0 Å². The maximum Gasteiger partial charge on any atom is 0.343 e. The van der Waals surface area contributed by atoms with Gasteiger partial charge < -0.3 is 19.7 Å². The van der Waals surface area contributed by atoms with Crippen LogP contribution in [0.3, 0.4) is 0 Å². The number of esters is 1. The minimum atomic E-state index is -0.439. The topological polar surface area (TPSA) is 67.9 Å². The molecular formula is C22H26N2O4. The maximum absolute atomic E-state index is 12.7. The number of methoxy groups -OCH3 is 1. The smallest absolute Gasteiger partial charge is 0.343 e. The second-order valence-electron chi connectivity index (χ2n) is 7.02. The monoisotopic (exact) mass is 382 g/mol. The van der Waals surface area contributed by atoms with Crippen molar-refractivity contribution in [2.24, 2.45) is 0 Å². The van der Waals surface area contributed by atoms with E-state index in [-0.39, 0.29) is 12.6 Å². The molecule has 0 spiro atoms. The summed E-state index contributed by atoms with van der Waals surface area (Å²) >= 11 is 0. The van der Waals surface area contributed by atoms with Crippen LogP contribution in [0.5, 0.6) is 5.75 Å². The number of amides is 2. The Morgan fingerprint density at radius 1 is 1.18 bits per heavy atom. The first-order chi connectivity index (χ1) is 13.5. The predicted octanol–water partition coefficient (Wildman–Crippen LogP) is 3.96. The van der Waals surface area contributed by atoms with E-state index >= 15 is 0 Å². The van der Waals surface area contributed by atoms with Gasteiger partial charge in [-0.15, -0.1) is 0 Å². The van der Waals surface area contributed by atoms with Crippen LogP contribution in [-0.4, -0.2) is 43.7 Å². The van der Waals surface area contributed by atoms with Crippen LogP contribution in [0.1, 0.15) is 29.9 Å². The Hall–Kier alpha value is -3.02. The first-order valence-electron chi connectivity index (χ1n) is 9.47. The Bertz CT molecular complexity index is 820. The fourth-order valence-electron chi connectivity index (χ4n) is 3.40. The molecule has 1 unspecified atom stereocenters. The van der Waals surface area contributed by atoms with E-state index < -0.39 is 5.97 Å². The molecule has 2 amide bonds. The number of urea groups is 1. The number of hydrogen-bond donors (Lipinski definition) is 1. The minimum Gasteiger partial charge on any atom is -0.482 e. The van der Waals surface area contributed by atoms with Gasteiger partial charge in [0.1, 0.15) is 5.75 Å². The van der Waals surface area contributed by atoms with Crippen molar-refractivity contribution in [3.63, 3.8) is 0 Å². The molecule has 6 nitrogen and oxygen atoms in total. The molecule has 0 radical (unpaired) electrons. The molecule has 148 valence electrons. The number of nitrogens with one attached hydrogen (secondary N) is 1. The van der Waals surface area contributed by atoms with Gasteiger partial charge in [0.25, 0.3) is 0 Å². The molecule has 6 heteroatoms. The number of carbonyl (C=O) groups is 2. The van der Waals surface area contributed by atoms with Crippen LogP contribution in [0.15, 0.2) is 48.5 Å². The molecule has 1 saturated heterocycles. The summed E-state index contributed by atoms with van der Waals surface area (Å²) in [5.74, 6) is 0.472. The first kappa shape index (κ1) is 19.7. The Labute approximate surface area is 165 Å². The van der Waals surface area contributed by atoms with Crippen molar-refractivity contribution in [1.29, 1.82) is 0 Å². The van der Waals surface area contributed by atoms with Gasteiger partial charge in [0.15, 0.2) is 6.61 Å². The molecule has 28 heavy (non-hydrogen) atoms. The fraction of sp³-hybridized carbons (Fsp3) is 0.364. The van der Waals surface area contributed by atoms with Crippen LogP contribution in [0, 0.1) is 6.92 Å². The van der Waals surface area contributed by atoms with E-state index in [2.05, 4.69) is 41.2 Å². The van der Waals surface area contributed by atoms with Gasteiger partial charge in [-0.1, -0.05) is 29.8 Å². The number of benzene rings is 2. The summed E-state index contributed by atoms with van der Waals surface area (Å²) in [5.41, 5.74) is 3.23. The summed E-state index contributed by atoms with van der Waals surface area (Å²) in [4.78, 5) is 25.7. The number of nitrogens with zero attached hydrogens (tertiary/aromatic N) is 1. The van der Waals surface area contributed by atoms with Gasteiger partial charge in [-0.25, -0.2) is 9.59 Å². The maximum atomic E-state index is 12.7. The standard InChI is InChI=1S/C22H26N2O4/c1-16-5-3-6-17(13-16)18-7-4-12-24(14-18)22(26)23-19-8-10-20(11-9-19)28-15-21(25)27-2/h3,5-6,8-11,13,18H,4,7,12,14-15H2,1-2H3,(H,23,26). The lowest BCUT2D eigenvalue weighted by Gasteiger charge is -2.33. The highest BCUT2D eigenvalue weighted by Gasteiger charge is 2.24. The van der Waals surface area contributed by atoms with Crippen molar-refractivity contribution in [3.8, 4) is 5.75 Å². The average Bonchev–Trinajstić information content (AvgIpc) is 2.73. The molecule has 1 heterocycles. The van der Waals surface area contributed by atoms with Crippen LogP contribution in [0.4, 0.5) is 10.5 Å². The molecule has 1 aliphatic heterocycles. The Kier molecular flexibility index (Phi) is 6.53. The van der Waals surface area contributed by atoms with E-state index in [0.29, 0.717) is 17.4 Å². The number of anilines is 1. The molecule has 0 saturated carbocycles. The van der Waals surface area contributed by atoms with E-state index in [1.54, 1.807) is 24.3 Å². The summed E-state index contributed by atoms with van der Waals surface area (Å²) in [6, 6.07) is 15.4. The molecule has 3 rings (SSSR count). The molecule has 0 aliphatic carbocycles. The quantitative estimate of drug-likeness (QED) is 0.795. The summed E-state index contributed by atoms with van der Waals surface area (Å²) in [7, 11) is 1.31.